The van der Waals surface area contributed by atoms with Crippen LogP contribution in [0.3, 0.4) is 0 Å². The number of aliphatic hydroxyl groups excluding tert-OH is 1. The van der Waals surface area contributed by atoms with Crippen molar-refractivity contribution in [1.29, 1.82) is 0 Å². The normalized spacial score (nSPS) is 22.1. The molecule has 1 aromatic heterocycles. The highest BCUT2D eigenvalue weighted by atomic mass is 16.5. The van der Waals surface area contributed by atoms with Gasteiger partial charge in [-0.15, -0.1) is 0 Å². The summed E-state index contributed by atoms with van der Waals surface area (Å²) >= 11 is 0. The third-order valence-electron chi connectivity index (χ3n) is 6.58. The average Bonchev–Trinajstić information content (AvgIpc) is 3.11. The SMILES string of the molecule is CC1(O)C(=O)NN(c2cccc(-c3ccc4c(c3)CC[C@@H](CNC[C@@H](O)c3cccnc3)O4)c2)C1=O. The van der Waals surface area contributed by atoms with Crippen LogP contribution in [0.5, 0.6) is 5.75 Å². The van der Waals surface area contributed by atoms with Gasteiger partial charge in [0.15, 0.2) is 0 Å². The zero-order valence-corrected chi connectivity index (χ0v) is 19.8. The Balaban J connectivity index is 1.22. The molecule has 2 aliphatic heterocycles. The molecule has 3 heterocycles. The van der Waals surface area contributed by atoms with E-state index in [0.29, 0.717) is 18.8 Å². The van der Waals surface area contributed by atoms with Gasteiger partial charge in [-0.25, -0.2) is 5.01 Å². The quantitative estimate of drug-likeness (QED) is 0.375. The van der Waals surface area contributed by atoms with E-state index in [1.54, 1.807) is 36.7 Å². The molecule has 36 heavy (non-hydrogen) atoms. The van der Waals surface area contributed by atoms with Crippen molar-refractivity contribution < 1.29 is 24.5 Å². The van der Waals surface area contributed by atoms with E-state index in [2.05, 4.69) is 21.8 Å². The molecule has 9 nitrogen and oxygen atoms in total. The number of rotatable bonds is 7. The molecule has 1 fully saturated rings. The second kappa shape index (κ2) is 9.69. The van der Waals surface area contributed by atoms with Crippen molar-refractivity contribution in [1.82, 2.24) is 15.7 Å². The minimum atomic E-state index is -2.08. The molecule has 0 bridgehead atoms. The predicted molar refractivity (Wildman–Crippen MR) is 133 cm³/mol. The molecule has 0 spiro atoms. The number of carbonyl (C=O) groups excluding carboxylic acids is 2. The summed E-state index contributed by atoms with van der Waals surface area (Å²) in [7, 11) is 0. The molecule has 0 aliphatic carbocycles. The number of hydrogen-bond acceptors (Lipinski definition) is 7. The molecule has 3 atom stereocenters. The predicted octanol–water partition coefficient (Wildman–Crippen LogP) is 1.89. The zero-order chi connectivity index (χ0) is 25.3. The first-order valence-corrected chi connectivity index (χ1v) is 11.9. The average molecular weight is 489 g/mol. The van der Waals surface area contributed by atoms with Crippen LogP contribution in [0.1, 0.15) is 30.6 Å². The fourth-order valence-electron chi connectivity index (χ4n) is 4.42. The molecule has 0 saturated carbocycles. The van der Waals surface area contributed by atoms with Crippen molar-refractivity contribution in [3.63, 3.8) is 0 Å². The van der Waals surface area contributed by atoms with Gasteiger partial charge in [-0.1, -0.05) is 24.3 Å². The number of amides is 2. The van der Waals surface area contributed by atoms with Gasteiger partial charge in [0.25, 0.3) is 11.8 Å². The van der Waals surface area contributed by atoms with Crippen LogP contribution in [0.15, 0.2) is 67.0 Å². The van der Waals surface area contributed by atoms with E-state index in [1.165, 1.54) is 6.92 Å². The summed E-state index contributed by atoms with van der Waals surface area (Å²) in [6.45, 7) is 2.23. The Morgan fingerprint density at radius 2 is 2.03 bits per heavy atom. The first-order chi connectivity index (χ1) is 17.3. The number of nitrogens with one attached hydrogen (secondary N) is 2. The highest BCUT2D eigenvalue weighted by Crippen LogP contribution is 2.34. The molecule has 1 unspecified atom stereocenters. The van der Waals surface area contributed by atoms with E-state index in [4.69, 9.17) is 4.74 Å². The summed E-state index contributed by atoms with van der Waals surface area (Å²) in [6, 6.07) is 16.9. The highest BCUT2D eigenvalue weighted by Gasteiger charge is 2.50. The van der Waals surface area contributed by atoms with Crippen LogP contribution >= 0.6 is 0 Å². The number of carbonyl (C=O) groups is 2. The van der Waals surface area contributed by atoms with Crippen LogP contribution in [-0.4, -0.2) is 51.8 Å². The summed E-state index contributed by atoms with van der Waals surface area (Å²) in [5.74, 6) is -0.630. The lowest BCUT2D eigenvalue weighted by Crippen LogP contribution is -2.40. The van der Waals surface area contributed by atoms with E-state index < -0.39 is 23.5 Å². The monoisotopic (exact) mass is 488 g/mol. The molecule has 2 aromatic carbocycles. The maximum Gasteiger partial charge on any atom is 0.287 e. The standard InChI is InChI=1S/C27H28N4O5/c1-27(35)25(33)30-31(26(27)34)21-6-2-4-17(13-21)18-8-10-24-19(12-18)7-9-22(36-24)15-29-16-23(32)20-5-3-11-28-14-20/h2-6,8,10-14,22-23,29,32,35H,7,9,15-16H2,1H3,(H,30,33)/t22-,23+,27?/m0/s1. The van der Waals surface area contributed by atoms with E-state index in [-0.39, 0.29) is 6.10 Å². The van der Waals surface area contributed by atoms with Crippen LogP contribution < -0.4 is 20.5 Å². The van der Waals surface area contributed by atoms with Gasteiger partial charge in [0.1, 0.15) is 11.9 Å². The lowest BCUT2D eigenvalue weighted by Gasteiger charge is -2.27. The first-order valence-electron chi connectivity index (χ1n) is 11.9. The summed E-state index contributed by atoms with van der Waals surface area (Å²) in [4.78, 5) is 28.4. The fraction of sp³-hybridized carbons (Fsp3) is 0.296. The number of hydrazine groups is 1. The lowest BCUT2D eigenvalue weighted by atomic mass is 9.96. The Labute approximate surface area is 208 Å². The molecule has 1 saturated heterocycles. The Bertz CT molecular complexity index is 1280. The van der Waals surface area contributed by atoms with E-state index in [1.807, 2.05) is 24.3 Å². The number of aromatic nitrogens is 1. The number of hydrogen-bond donors (Lipinski definition) is 4. The van der Waals surface area contributed by atoms with E-state index in [0.717, 1.165) is 45.9 Å². The molecule has 5 rings (SSSR count). The van der Waals surface area contributed by atoms with E-state index in [9.17, 15) is 19.8 Å². The number of pyridine rings is 1. The molecule has 3 aromatic rings. The van der Waals surface area contributed by atoms with Crippen LogP contribution in [0.2, 0.25) is 0 Å². The molecule has 2 amide bonds. The third kappa shape index (κ3) is 4.68. The van der Waals surface area contributed by atoms with Crippen LogP contribution in [0.25, 0.3) is 11.1 Å². The van der Waals surface area contributed by atoms with Crippen LogP contribution in [-0.2, 0) is 16.0 Å². The maximum absolute atomic E-state index is 12.4. The number of aliphatic hydroxyl groups is 2. The van der Waals surface area contributed by atoms with Crippen molar-refractivity contribution >= 4 is 17.5 Å². The number of anilines is 1. The summed E-state index contributed by atoms with van der Waals surface area (Å²) in [5, 5.41) is 24.8. The molecule has 9 heteroatoms. The van der Waals surface area contributed by atoms with Gasteiger partial charge in [0.05, 0.1) is 11.8 Å². The molecular formula is C27H28N4O5. The van der Waals surface area contributed by atoms with Crippen molar-refractivity contribution in [2.45, 2.75) is 37.6 Å². The fourth-order valence-corrected chi connectivity index (χ4v) is 4.42. The molecular weight excluding hydrogens is 460 g/mol. The van der Waals surface area contributed by atoms with Gasteiger partial charge in [-0.3, -0.25) is 20.0 Å². The topological polar surface area (TPSA) is 124 Å². The van der Waals surface area contributed by atoms with Crippen molar-refractivity contribution in [3.05, 3.63) is 78.1 Å². The van der Waals surface area contributed by atoms with Gasteiger partial charge in [0.2, 0.25) is 5.60 Å². The van der Waals surface area contributed by atoms with Gasteiger partial charge in [0, 0.05) is 31.0 Å². The molecule has 186 valence electrons. The molecule has 4 N–H and O–H groups in total. The van der Waals surface area contributed by atoms with Gasteiger partial charge in [-0.2, -0.15) is 0 Å². The minimum absolute atomic E-state index is 0.00496. The van der Waals surface area contributed by atoms with Crippen LogP contribution in [0.4, 0.5) is 5.69 Å². The molecule has 2 aliphatic rings. The van der Waals surface area contributed by atoms with Crippen LogP contribution in [0, 0.1) is 0 Å². The number of benzene rings is 2. The summed E-state index contributed by atoms with van der Waals surface area (Å²) < 4.78 is 6.18. The Morgan fingerprint density at radius 3 is 2.78 bits per heavy atom. The number of aryl methyl sites for hydroxylation is 1. The number of nitrogens with zero attached hydrogens (tertiary/aromatic N) is 2. The summed E-state index contributed by atoms with van der Waals surface area (Å²) in [5.41, 5.74) is 4.52. The molecule has 0 radical (unpaired) electrons. The number of fused-ring (bicyclic) bond motifs is 1. The first kappa shape index (κ1) is 23.9. The Morgan fingerprint density at radius 1 is 1.19 bits per heavy atom. The van der Waals surface area contributed by atoms with Gasteiger partial charge >= 0.3 is 0 Å². The highest BCUT2D eigenvalue weighted by molar-refractivity contribution is 6.20. The van der Waals surface area contributed by atoms with Crippen molar-refractivity contribution in [2.24, 2.45) is 0 Å². The van der Waals surface area contributed by atoms with Crippen molar-refractivity contribution in [2.75, 3.05) is 18.1 Å². The maximum atomic E-state index is 12.4. The smallest absolute Gasteiger partial charge is 0.287 e. The lowest BCUT2D eigenvalue weighted by molar-refractivity contribution is -0.142. The van der Waals surface area contributed by atoms with Crippen molar-refractivity contribution in [3.8, 4) is 16.9 Å². The largest absolute Gasteiger partial charge is 0.489 e. The Hall–Kier alpha value is -3.79. The van der Waals surface area contributed by atoms with E-state index >= 15 is 0 Å². The Kier molecular flexibility index (Phi) is 6.44. The number of ether oxygens (including phenoxy) is 1. The third-order valence-corrected chi connectivity index (χ3v) is 6.58. The summed E-state index contributed by atoms with van der Waals surface area (Å²) in [6.07, 6.45) is 4.42. The second-order valence-corrected chi connectivity index (χ2v) is 9.27. The van der Waals surface area contributed by atoms with Gasteiger partial charge in [-0.05, 0) is 66.8 Å². The van der Waals surface area contributed by atoms with Gasteiger partial charge < -0.3 is 20.3 Å². The minimum Gasteiger partial charge on any atom is -0.489 e. The second-order valence-electron chi connectivity index (χ2n) is 9.27. The zero-order valence-electron chi connectivity index (χ0n) is 19.8.